The predicted molar refractivity (Wildman–Crippen MR) is 101 cm³/mol. The Bertz CT molecular complexity index is 893. The number of hydrogen-bond acceptors (Lipinski definition) is 5. The van der Waals surface area contributed by atoms with Crippen molar-refractivity contribution in [3.63, 3.8) is 0 Å². The zero-order valence-electron chi connectivity index (χ0n) is 14.5. The summed E-state index contributed by atoms with van der Waals surface area (Å²) in [5.41, 5.74) is 6.50. The second-order valence-corrected chi connectivity index (χ2v) is 7.92. The third kappa shape index (κ3) is 4.55. The van der Waals surface area contributed by atoms with Crippen molar-refractivity contribution in [1.29, 1.82) is 0 Å². The van der Waals surface area contributed by atoms with E-state index < -0.39 is 27.1 Å². The molecule has 26 heavy (non-hydrogen) atoms. The van der Waals surface area contributed by atoms with Gasteiger partial charge in [0.1, 0.15) is 11.3 Å². The number of aromatic carboxylic acids is 1. The number of rotatable bonds is 6. The summed E-state index contributed by atoms with van der Waals surface area (Å²) in [5, 5.41) is 19.2. The van der Waals surface area contributed by atoms with Crippen LogP contribution in [0.15, 0.2) is 46.2 Å². The highest BCUT2D eigenvalue weighted by Crippen LogP contribution is 2.30. The zero-order chi connectivity index (χ0) is 18.8. The molecule has 6 nitrogen and oxygen atoms in total. The number of phenols is 1. The fourth-order valence-corrected chi connectivity index (χ4v) is 3.90. The van der Waals surface area contributed by atoms with E-state index in [9.17, 15) is 23.4 Å². The second-order valence-electron chi connectivity index (χ2n) is 5.97. The van der Waals surface area contributed by atoms with Crippen LogP contribution in [0, 0.1) is 0 Å². The Morgan fingerprint density at radius 3 is 2.19 bits per heavy atom. The summed E-state index contributed by atoms with van der Waals surface area (Å²) in [6.07, 6.45) is 0.936. The van der Waals surface area contributed by atoms with E-state index in [0.29, 0.717) is 12.8 Å². The Labute approximate surface area is 159 Å². The van der Waals surface area contributed by atoms with Crippen molar-refractivity contribution in [2.45, 2.75) is 42.5 Å². The molecule has 0 saturated heterocycles. The van der Waals surface area contributed by atoms with Crippen LogP contribution >= 0.6 is 12.4 Å². The van der Waals surface area contributed by atoms with Gasteiger partial charge in [0, 0.05) is 6.04 Å². The molecule has 8 heteroatoms. The Morgan fingerprint density at radius 2 is 1.73 bits per heavy atom. The number of aryl methyl sites for hydroxylation is 1. The van der Waals surface area contributed by atoms with Gasteiger partial charge in [-0.05, 0) is 55.2 Å². The molecule has 2 rings (SSSR count). The minimum atomic E-state index is -3.90. The normalized spacial score (nSPS) is 12.3. The first-order valence-electron chi connectivity index (χ1n) is 7.85. The van der Waals surface area contributed by atoms with E-state index >= 15 is 0 Å². The van der Waals surface area contributed by atoms with Crippen LogP contribution in [0.2, 0.25) is 0 Å². The van der Waals surface area contributed by atoms with Crippen molar-refractivity contribution in [1.82, 2.24) is 0 Å². The molecule has 0 aromatic heterocycles. The van der Waals surface area contributed by atoms with E-state index in [-0.39, 0.29) is 33.8 Å². The van der Waals surface area contributed by atoms with E-state index in [1.807, 2.05) is 6.92 Å². The summed E-state index contributed by atoms with van der Waals surface area (Å²) in [6, 6.07) is 8.60. The van der Waals surface area contributed by atoms with Crippen LogP contribution in [0.4, 0.5) is 0 Å². The Kier molecular flexibility index (Phi) is 7.20. The quantitative estimate of drug-likeness (QED) is 0.687. The van der Waals surface area contributed by atoms with Gasteiger partial charge in [-0.2, -0.15) is 0 Å². The summed E-state index contributed by atoms with van der Waals surface area (Å²) in [4.78, 5) is 11.2. The van der Waals surface area contributed by atoms with E-state index in [1.54, 1.807) is 19.1 Å². The fraction of sp³-hybridized carbons (Fsp3) is 0.278. The Morgan fingerprint density at radius 1 is 1.15 bits per heavy atom. The third-order valence-electron chi connectivity index (χ3n) is 3.88. The van der Waals surface area contributed by atoms with Crippen molar-refractivity contribution in [3.05, 3.63) is 53.1 Å². The molecule has 1 atom stereocenters. The van der Waals surface area contributed by atoms with E-state index in [1.165, 1.54) is 18.2 Å². The maximum Gasteiger partial charge on any atom is 0.339 e. The summed E-state index contributed by atoms with van der Waals surface area (Å²) in [5.74, 6) is -1.78. The number of sulfone groups is 1. The first-order chi connectivity index (χ1) is 11.7. The van der Waals surface area contributed by atoms with Crippen LogP contribution in [-0.4, -0.2) is 30.6 Å². The predicted octanol–water partition coefficient (Wildman–Crippen LogP) is 2.80. The topological polar surface area (TPSA) is 118 Å². The summed E-state index contributed by atoms with van der Waals surface area (Å²) < 4.78 is 25.6. The first-order valence-corrected chi connectivity index (χ1v) is 9.34. The molecule has 0 aliphatic rings. The molecule has 0 unspecified atom stereocenters. The smallest absolute Gasteiger partial charge is 0.339 e. The van der Waals surface area contributed by atoms with E-state index in [2.05, 4.69) is 0 Å². The average Bonchev–Trinajstić information content (AvgIpc) is 2.54. The van der Waals surface area contributed by atoms with E-state index in [4.69, 9.17) is 5.73 Å². The number of carbonyl (C=O) groups is 1. The highest BCUT2D eigenvalue weighted by molar-refractivity contribution is 7.91. The molecule has 2 aromatic carbocycles. The third-order valence-corrected chi connectivity index (χ3v) is 5.62. The lowest BCUT2D eigenvalue weighted by Gasteiger charge is -2.11. The second kappa shape index (κ2) is 8.53. The molecule has 0 saturated carbocycles. The Balaban J connectivity index is 0.00000338. The highest BCUT2D eigenvalue weighted by Gasteiger charge is 2.23. The van der Waals surface area contributed by atoms with Crippen LogP contribution < -0.4 is 5.73 Å². The van der Waals surface area contributed by atoms with Crippen molar-refractivity contribution in [2.75, 3.05) is 0 Å². The number of hydrogen-bond donors (Lipinski definition) is 3. The monoisotopic (exact) mass is 399 g/mol. The maximum absolute atomic E-state index is 12.8. The van der Waals surface area contributed by atoms with Gasteiger partial charge in [-0.1, -0.05) is 19.1 Å². The lowest BCUT2D eigenvalue weighted by Crippen LogP contribution is -2.17. The molecule has 0 radical (unpaired) electrons. The van der Waals surface area contributed by atoms with Crippen LogP contribution in [0.25, 0.3) is 0 Å². The molecule has 142 valence electrons. The van der Waals surface area contributed by atoms with Crippen molar-refractivity contribution < 1.29 is 23.4 Å². The van der Waals surface area contributed by atoms with Gasteiger partial charge in [0.25, 0.3) is 0 Å². The van der Waals surface area contributed by atoms with Gasteiger partial charge in [0.2, 0.25) is 9.84 Å². The summed E-state index contributed by atoms with van der Waals surface area (Å²) in [6.45, 7) is 3.57. The van der Waals surface area contributed by atoms with Gasteiger partial charge in [-0.15, -0.1) is 12.4 Å². The maximum atomic E-state index is 12.8. The van der Waals surface area contributed by atoms with Gasteiger partial charge in [-0.25, -0.2) is 13.2 Å². The molecule has 4 N–H and O–H groups in total. The Hall–Kier alpha value is -2.09. The molecular weight excluding hydrogens is 378 g/mol. The van der Waals surface area contributed by atoms with Crippen molar-refractivity contribution in [2.24, 2.45) is 5.73 Å². The molecule has 0 aliphatic carbocycles. The minimum Gasteiger partial charge on any atom is -0.507 e. The zero-order valence-corrected chi connectivity index (χ0v) is 16.1. The fourth-order valence-electron chi connectivity index (χ4n) is 2.57. The number of aromatic hydroxyl groups is 1. The van der Waals surface area contributed by atoms with Gasteiger partial charge >= 0.3 is 5.97 Å². The number of nitrogens with two attached hydrogens (primary N) is 1. The van der Waals surface area contributed by atoms with E-state index in [0.717, 1.165) is 11.6 Å². The van der Waals surface area contributed by atoms with Gasteiger partial charge in [0.05, 0.1) is 9.79 Å². The standard InChI is InChI=1S/C18H21NO5S.ClH/c1-3-13-9-15(10-16(17(13)20)18(21)22)25(23,24)14-6-4-12(5-7-14)8-11(2)19;/h4-7,9-11,20H,3,8,19H2,1-2H3,(H,21,22);1H/t11-;/m1./s1. The first kappa shape index (κ1) is 22.0. The molecule has 0 fully saturated rings. The molecule has 0 bridgehead atoms. The van der Waals surface area contributed by atoms with Crippen LogP contribution in [0.3, 0.4) is 0 Å². The summed E-state index contributed by atoms with van der Waals surface area (Å²) in [7, 11) is -3.90. The summed E-state index contributed by atoms with van der Waals surface area (Å²) >= 11 is 0. The van der Waals surface area contributed by atoms with Crippen molar-refractivity contribution in [3.8, 4) is 5.75 Å². The average molecular weight is 400 g/mol. The largest absolute Gasteiger partial charge is 0.507 e. The lowest BCUT2D eigenvalue weighted by atomic mass is 10.1. The molecular formula is C18H22ClNO5S. The highest BCUT2D eigenvalue weighted by atomic mass is 35.5. The SMILES string of the molecule is CCc1cc(S(=O)(=O)c2ccc(C[C@@H](C)N)cc2)cc(C(=O)O)c1O.Cl. The number of benzene rings is 2. The number of carboxylic acids is 1. The van der Waals surface area contributed by atoms with Gasteiger partial charge in [-0.3, -0.25) is 0 Å². The number of halogens is 1. The van der Waals surface area contributed by atoms with Crippen LogP contribution in [0.1, 0.15) is 35.3 Å². The molecule has 0 spiro atoms. The lowest BCUT2D eigenvalue weighted by molar-refractivity contribution is 0.0693. The molecule has 0 heterocycles. The van der Waals surface area contributed by atoms with Crippen LogP contribution in [-0.2, 0) is 22.7 Å². The minimum absolute atomic E-state index is 0. The number of carboxylic acid groups (broad SMARTS) is 1. The van der Waals surface area contributed by atoms with Crippen LogP contribution in [0.5, 0.6) is 5.75 Å². The molecule has 2 aromatic rings. The molecule has 0 aliphatic heterocycles. The van der Waals surface area contributed by atoms with Gasteiger partial charge < -0.3 is 15.9 Å². The molecule has 0 amide bonds. The van der Waals surface area contributed by atoms with Gasteiger partial charge in [0.15, 0.2) is 0 Å². The van der Waals surface area contributed by atoms with Crippen molar-refractivity contribution >= 4 is 28.2 Å².